The van der Waals surface area contributed by atoms with Crippen LogP contribution in [0.3, 0.4) is 0 Å². The predicted octanol–water partition coefficient (Wildman–Crippen LogP) is 3.95. The van der Waals surface area contributed by atoms with Gasteiger partial charge in [-0.25, -0.2) is 4.39 Å². The van der Waals surface area contributed by atoms with E-state index in [2.05, 4.69) is 5.32 Å². The Bertz CT molecular complexity index is 734. The molecule has 0 aliphatic carbocycles. The maximum Gasteiger partial charge on any atom is 0.272 e. The normalized spacial score (nSPS) is 10.2. The first-order chi connectivity index (χ1) is 9.88. The number of rotatable bonds is 3. The first-order valence-electron chi connectivity index (χ1n) is 5.90. The van der Waals surface area contributed by atoms with Crippen LogP contribution >= 0.6 is 11.6 Å². The number of nitro benzene ring substituents is 1. The molecular weight excluding hydrogens is 299 g/mol. The highest BCUT2D eigenvalue weighted by Crippen LogP contribution is 2.22. The van der Waals surface area contributed by atoms with Crippen LogP contribution in [-0.2, 0) is 0 Å². The lowest BCUT2D eigenvalue weighted by atomic mass is 10.1. The number of carbonyl (C=O) groups excluding carboxylic acids is 1. The van der Waals surface area contributed by atoms with Crippen LogP contribution in [0.4, 0.5) is 15.8 Å². The summed E-state index contributed by atoms with van der Waals surface area (Å²) in [6.45, 7) is 1.53. The maximum absolute atomic E-state index is 13.6. The maximum atomic E-state index is 13.6. The molecule has 5 nitrogen and oxygen atoms in total. The lowest BCUT2D eigenvalue weighted by Gasteiger charge is -2.07. The van der Waals surface area contributed by atoms with Gasteiger partial charge in [-0.1, -0.05) is 11.6 Å². The van der Waals surface area contributed by atoms with Crippen molar-refractivity contribution in [3.05, 3.63) is 68.5 Å². The van der Waals surface area contributed by atoms with Crippen LogP contribution in [0.2, 0.25) is 5.02 Å². The van der Waals surface area contributed by atoms with Gasteiger partial charge in [0.15, 0.2) is 0 Å². The molecule has 108 valence electrons. The van der Waals surface area contributed by atoms with E-state index in [0.29, 0.717) is 5.56 Å². The van der Waals surface area contributed by atoms with Crippen molar-refractivity contribution in [2.75, 3.05) is 5.32 Å². The molecule has 0 fully saturated rings. The Morgan fingerprint density at radius 3 is 2.57 bits per heavy atom. The average Bonchev–Trinajstić information content (AvgIpc) is 2.41. The summed E-state index contributed by atoms with van der Waals surface area (Å²) >= 11 is 5.62. The Labute approximate surface area is 124 Å². The van der Waals surface area contributed by atoms with Crippen LogP contribution < -0.4 is 5.32 Å². The van der Waals surface area contributed by atoms with Gasteiger partial charge in [-0.3, -0.25) is 14.9 Å². The molecule has 2 aromatic rings. The number of nitro groups is 1. The highest BCUT2D eigenvalue weighted by Gasteiger charge is 2.15. The van der Waals surface area contributed by atoms with Gasteiger partial charge in [-0.05, 0) is 37.3 Å². The number of hydrogen-bond acceptors (Lipinski definition) is 3. The van der Waals surface area contributed by atoms with Crippen molar-refractivity contribution in [2.45, 2.75) is 6.92 Å². The number of carbonyl (C=O) groups is 1. The number of nitrogens with one attached hydrogen (secondary N) is 1. The molecule has 0 saturated heterocycles. The average molecular weight is 309 g/mol. The molecule has 7 heteroatoms. The Morgan fingerprint density at radius 1 is 1.29 bits per heavy atom. The van der Waals surface area contributed by atoms with Crippen molar-refractivity contribution in [3.8, 4) is 0 Å². The van der Waals surface area contributed by atoms with E-state index in [-0.39, 0.29) is 22.0 Å². The van der Waals surface area contributed by atoms with Crippen molar-refractivity contribution in [1.29, 1.82) is 0 Å². The second-order valence-electron chi connectivity index (χ2n) is 4.34. The van der Waals surface area contributed by atoms with Crippen LogP contribution in [0.15, 0.2) is 36.4 Å². The van der Waals surface area contributed by atoms with Gasteiger partial charge < -0.3 is 5.32 Å². The Balaban J connectivity index is 2.24. The number of halogens is 2. The number of aryl methyl sites for hydroxylation is 1. The summed E-state index contributed by atoms with van der Waals surface area (Å²) < 4.78 is 13.6. The highest BCUT2D eigenvalue weighted by atomic mass is 35.5. The van der Waals surface area contributed by atoms with Crippen molar-refractivity contribution in [1.82, 2.24) is 0 Å². The molecule has 2 rings (SSSR count). The van der Waals surface area contributed by atoms with E-state index >= 15 is 0 Å². The zero-order valence-corrected chi connectivity index (χ0v) is 11.6. The molecule has 0 aromatic heterocycles. The number of anilines is 1. The quantitative estimate of drug-likeness (QED) is 0.689. The molecule has 21 heavy (non-hydrogen) atoms. The van der Waals surface area contributed by atoms with E-state index < -0.39 is 16.6 Å². The SMILES string of the molecule is Cc1cc(C(=O)Nc2ccc(Cl)cc2F)ccc1[N+](=O)[O-]. The topological polar surface area (TPSA) is 72.2 Å². The van der Waals surface area contributed by atoms with Gasteiger partial charge in [0, 0.05) is 22.2 Å². The molecule has 0 bridgehead atoms. The number of hydrogen-bond donors (Lipinski definition) is 1. The van der Waals surface area contributed by atoms with Crippen LogP contribution in [0.1, 0.15) is 15.9 Å². The molecule has 1 amide bonds. The lowest BCUT2D eigenvalue weighted by molar-refractivity contribution is -0.385. The van der Waals surface area contributed by atoms with Gasteiger partial charge in [0.2, 0.25) is 0 Å². The zero-order valence-electron chi connectivity index (χ0n) is 10.9. The van der Waals surface area contributed by atoms with Crippen LogP contribution in [0.25, 0.3) is 0 Å². The largest absolute Gasteiger partial charge is 0.319 e. The Hall–Kier alpha value is -2.47. The molecule has 2 aromatic carbocycles. The second-order valence-corrected chi connectivity index (χ2v) is 4.77. The predicted molar refractivity (Wildman–Crippen MR) is 77.2 cm³/mol. The number of amides is 1. The third-order valence-corrected chi connectivity index (χ3v) is 3.07. The molecule has 1 N–H and O–H groups in total. The minimum absolute atomic E-state index is 0.0135. The van der Waals surface area contributed by atoms with E-state index in [1.54, 1.807) is 0 Å². The standard InChI is InChI=1S/C14H10ClFN2O3/c1-8-6-9(2-5-13(8)18(20)21)14(19)17-12-4-3-10(15)7-11(12)16/h2-7H,1H3,(H,17,19). The van der Waals surface area contributed by atoms with Crippen molar-refractivity contribution >= 4 is 28.9 Å². The van der Waals surface area contributed by atoms with Gasteiger partial charge in [0.25, 0.3) is 11.6 Å². The van der Waals surface area contributed by atoms with Gasteiger partial charge >= 0.3 is 0 Å². The first kappa shape index (κ1) is 14.9. The molecular formula is C14H10ClFN2O3. The number of benzene rings is 2. The Morgan fingerprint density at radius 2 is 2.00 bits per heavy atom. The van der Waals surface area contributed by atoms with Crippen molar-refractivity contribution < 1.29 is 14.1 Å². The van der Waals surface area contributed by atoms with Crippen LogP contribution in [0, 0.1) is 22.9 Å². The molecule has 0 atom stereocenters. The third kappa shape index (κ3) is 3.35. The minimum Gasteiger partial charge on any atom is -0.319 e. The summed E-state index contributed by atoms with van der Waals surface area (Å²) in [4.78, 5) is 22.2. The molecule has 0 aliphatic rings. The molecule has 0 saturated carbocycles. The van der Waals surface area contributed by atoms with Gasteiger partial charge in [-0.15, -0.1) is 0 Å². The molecule has 0 aliphatic heterocycles. The second kappa shape index (κ2) is 5.88. The first-order valence-corrected chi connectivity index (χ1v) is 6.27. The minimum atomic E-state index is -0.658. The smallest absolute Gasteiger partial charge is 0.272 e. The molecule has 0 heterocycles. The van der Waals surface area contributed by atoms with E-state index in [1.165, 1.54) is 37.3 Å². The van der Waals surface area contributed by atoms with E-state index in [9.17, 15) is 19.3 Å². The summed E-state index contributed by atoms with van der Waals surface area (Å²) in [7, 11) is 0. The van der Waals surface area contributed by atoms with Gasteiger partial charge in [0.1, 0.15) is 5.82 Å². The monoisotopic (exact) mass is 308 g/mol. The van der Waals surface area contributed by atoms with Crippen LogP contribution in [0.5, 0.6) is 0 Å². The summed E-state index contributed by atoms with van der Waals surface area (Å²) in [6, 6.07) is 7.80. The molecule has 0 radical (unpaired) electrons. The van der Waals surface area contributed by atoms with Crippen molar-refractivity contribution in [2.24, 2.45) is 0 Å². The Kier molecular flexibility index (Phi) is 4.18. The van der Waals surface area contributed by atoms with Crippen molar-refractivity contribution in [3.63, 3.8) is 0 Å². The summed E-state index contributed by atoms with van der Waals surface area (Å²) in [5.74, 6) is -1.22. The fourth-order valence-electron chi connectivity index (χ4n) is 1.79. The zero-order chi connectivity index (χ0) is 15.6. The van der Waals surface area contributed by atoms with Crippen LogP contribution in [-0.4, -0.2) is 10.8 Å². The van der Waals surface area contributed by atoms with E-state index in [0.717, 1.165) is 6.07 Å². The summed E-state index contributed by atoms with van der Waals surface area (Å²) in [5, 5.41) is 13.3. The number of nitrogens with zero attached hydrogens (tertiary/aromatic N) is 1. The van der Waals surface area contributed by atoms with E-state index in [1.807, 2.05) is 0 Å². The molecule has 0 spiro atoms. The van der Waals surface area contributed by atoms with Gasteiger partial charge in [0.05, 0.1) is 10.6 Å². The lowest BCUT2D eigenvalue weighted by Crippen LogP contribution is -2.13. The summed E-state index contributed by atoms with van der Waals surface area (Å²) in [6.07, 6.45) is 0. The van der Waals surface area contributed by atoms with E-state index in [4.69, 9.17) is 11.6 Å². The summed E-state index contributed by atoms with van der Waals surface area (Å²) in [5.41, 5.74) is 0.460. The fourth-order valence-corrected chi connectivity index (χ4v) is 1.95. The van der Waals surface area contributed by atoms with Gasteiger partial charge in [-0.2, -0.15) is 0 Å². The fraction of sp³-hybridized carbons (Fsp3) is 0.0714. The third-order valence-electron chi connectivity index (χ3n) is 2.84. The highest BCUT2D eigenvalue weighted by molar-refractivity contribution is 6.30. The molecule has 0 unspecified atom stereocenters.